The van der Waals surface area contributed by atoms with Crippen LogP contribution in [0.5, 0.6) is 28.7 Å². The number of aromatic hydroxyl groups is 4. The van der Waals surface area contributed by atoms with Crippen molar-refractivity contribution in [2.75, 3.05) is 6.61 Å². The first-order valence-electron chi connectivity index (χ1n) is 12.3. The summed E-state index contributed by atoms with van der Waals surface area (Å²) in [5, 5.41) is 59.5. The Morgan fingerprint density at radius 1 is 0.927 bits per heavy atom. The SMILES string of the molecule is O=C(/C=C/c1ccc(O)cc1)O[C@H]1C(O)[C@H](CO)O[C@H]1Oc1c(-c2ccc(O)cc2)oc2cc(O)cc(O)c2c1=O. The molecule has 12 nitrogen and oxygen atoms in total. The molecule has 0 aliphatic carbocycles. The number of carbonyl (C=O) groups excluding carboxylic acids is 1. The fraction of sp³-hybridized carbons (Fsp3) is 0.172. The van der Waals surface area contributed by atoms with Gasteiger partial charge in [-0.3, -0.25) is 4.79 Å². The summed E-state index contributed by atoms with van der Waals surface area (Å²) in [6.45, 7) is -0.671. The van der Waals surface area contributed by atoms with Crippen molar-refractivity contribution in [1.82, 2.24) is 0 Å². The predicted octanol–water partition coefficient (Wildman–Crippen LogP) is 2.36. The summed E-state index contributed by atoms with van der Waals surface area (Å²) in [4.78, 5) is 26.2. The number of hydrogen-bond acceptors (Lipinski definition) is 12. The molecule has 4 atom stereocenters. The summed E-state index contributed by atoms with van der Waals surface area (Å²) in [5.41, 5.74) is -0.232. The minimum atomic E-state index is -1.61. The molecule has 1 aliphatic heterocycles. The maximum atomic E-state index is 13.6. The third-order valence-corrected chi connectivity index (χ3v) is 6.31. The van der Waals surface area contributed by atoms with Crippen molar-refractivity contribution in [3.05, 3.63) is 82.5 Å². The van der Waals surface area contributed by atoms with Crippen molar-refractivity contribution in [3.63, 3.8) is 0 Å². The van der Waals surface area contributed by atoms with E-state index >= 15 is 0 Å². The molecule has 3 aromatic carbocycles. The molecule has 0 spiro atoms. The Morgan fingerprint density at radius 2 is 1.59 bits per heavy atom. The summed E-state index contributed by atoms with van der Waals surface area (Å²) in [6.07, 6.45) is -3.44. The highest BCUT2D eigenvalue weighted by Crippen LogP contribution is 2.38. The second kappa shape index (κ2) is 11.2. The van der Waals surface area contributed by atoms with Crippen LogP contribution in [0, 0.1) is 0 Å². The van der Waals surface area contributed by atoms with Gasteiger partial charge in [-0.05, 0) is 48.0 Å². The summed E-state index contributed by atoms with van der Waals surface area (Å²) in [6, 6.07) is 13.5. The summed E-state index contributed by atoms with van der Waals surface area (Å²) < 4.78 is 22.6. The summed E-state index contributed by atoms with van der Waals surface area (Å²) in [5.74, 6) is -2.59. The highest BCUT2D eigenvalue weighted by molar-refractivity contribution is 5.88. The number of esters is 1. The lowest BCUT2D eigenvalue weighted by Gasteiger charge is -2.22. The summed E-state index contributed by atoms with van der Waals surface area (Å²) in [7, 11) is 0. The number of ether oxygens (including phenoxy) is 3. The Bertz CT molecular complexity index is 1660. The van der Waals surface area contributed by atoms with E-state index in [4.69, 9.17) is 18.6 Å². The molecule has 4 aromatic rings. The zero-order valence-corrected chi connectivity index (χ0v) is 21.1. The van der Waals surface area contributed by atoms with Crippen molar-refractivity contribution >= 4 is 23.0 Å². The van der Waals surface area contributed by atoms with Crippen LogP contribution in [0.4, 0.5) is 0 Å². The van der Waals surface area contributed by atoms with E-state index in [-0.39, 0.29) is 39.5 Å². The van der Waals surface area contributed by atoms with Crippen LogP contribution in [0.15, 0.2) is 76.0 Å². The average Bonchev–Trinajstić information content (AvgIpc) is 3.23. The van der Waals surface area contributed by atoms with Crippen LogP contribution >= 0.6 is 0 Å². The van der Waals surface area contributed by atoms with E-state index in [1.807, 2.05) is 0 Å². The zero-order valence-electron chi connectivity index (χ0n) is 21.1. The van der Waals surface area contributed by atoms with Gasteiger partial charge < -0.3 is 49.3 Å². The molecule has 5 rings (SSSR count). The minimum absolute atomic E-state index is 0.0425. The Balaban J connectivity index is 1.52. The quantitative estimate of drug-likeness (QED) is 0.142. The molecule has 1 unspecified atom stereocenters. The Hall–Kier alpha value is -5.04. The largest absolute Gasteiger partial charge is 0.508 e. The van der Waals surface area contributed by atoms with Gasteiger partial charge in [0.05, 0.1) is 6.61 Å². The highest BCUT2D eigenvalue weighted by atomic mass is 16.7. The van der Waals surface area contributed by atoms with Crippen LogP contribution in [0.3, 0.4) is 0 Å². The van der Waals surface area contributed by atoms with Gasteiger partial charge in [0, 0.05) is 23.8 Å². The van der Waals surface area contributed by atoms with Gasteiger partial charge in [0.1, 0.15) is 46.2 Å². The molecular weight excluding hydrogens is 540 g/mol. The molecule has 0 saturated carbocycles. The molecular formula is C29H24O12. The van der Waals surface area contributed by atoms with Gasteiger partial charge in [-0.2, -0.15) is 0 Å². The first-order chi connectivity index (χ1) is 19.6. The average molecular weight is 564 g/mol. The molecule has 1 fully saturated rings. The summed E-state index contributed by atoms with van der Waals surface area (Å²) >= 11 is 0. The van der Waals surface area contributed by atoms with E-state index in [2.05, 4.69) is 0 Å². The Kier molecular flexibility index (Phi) is 7.53. The van der Waals surface area contributed by atoms with E-state index < -0.39 is 54.1 Å². The zero-order chi connectivity index (χ0) is 29.3. The van der Waals surface area contributed by atoms with E-state index in [9.17, 15) is 40.2 Å². The third-order valence-electron chi connectivity index (χ3n) is 6.31. The molecule has 0 amide bonds. The number of aliphatic hydroxyl groups is 2. The smallest absolute Gasteiger partial charge is 0.331 e. The molecule has 0 bridgehead atoms. The third kappa shape index (κ3) is 5.65. The second-order valence-corrected chi connectivity index (χ2v) is 9.13. The van der Waals surface area contributed by atoms with Gasteiger partial charge in [0.15, 0.2) is 11.9 Å². The number of rotatable bonds is 7. The maximum Gasteiger partial charge on any atom is 0.331 e. The number of carbonyl (C=O) groups is 1. The first-order valence-corrected chi connectivity index (χ1v) is 12.3. The van der Waals surface area contributed by atoms with Crippen LogP contribution < -0.4 is 10.2 Å². The lowest BCUT2D eigenvalue weighted by atomic mass is 10.1. The van der Waals surface area contributed by atoms with Crippen molar-refractivity contribution in [3.8, 4) is 40.1 Å². The highest BCUT2D eigenvalue weighted by Gasteiger charge is 2.48. The van der Waals surface area contributed by atoms with Gasteiger partial charge in [-0.15, -0.1) is 0 Å². The monoisotopic (exact) mass is 564 g/mol. The van der Waals surface area contributed by atoms with Crippen molar-refractivity contribution in [2.45, 2.75) is 24.6 Å². The van der Waals surface area contributed by atoms with Crippen molar-refractivity contribution < 1.29 is 54.1 Å². The normalized spacial score (nSPS) is 20.4. The van der Waals surface area contributed by atoms with Gasteiger partial charge in [-0.1, -0.05) is 12.1 Å². The van der Waals surface area contributed by atoms with Gasteiger partial charge in [0.25, 0.3) is 0 Å². The van der Waals surface area contributed by atoms with Crippen LogP contribution in [0.1, 0.15) is 5.56 Å². The van der Waals surface area contributed by atoms with E-state index in [1.54, 1.807) is 12.1 Å². The minimum Gasteiger partial charge on any atom is -0.508 e. The lowest BCUT2D eigenvalue weighted by molar-refractivity contribution is -0.162. The fourth-order valence-electron chi connectivity index (χ4n) is 4.29. The maximum absolute atomic E-state index is 13.6. The molecule has 41 heavy (non-hydrogen) atoms. The van der Waals surface area contributed by atoms with Crippen LogP contribution in [-0.2, 0) is 14.3 Å². The molecule has 1 aliphatic rings. The van der Waals surface area contributed by atoms with Crippen molar-refractivity contribution in [1.29, 1.82) is 0 Å². The number of phenols is 4. The Morgan fingerprint density at radius 3 is 2.24 bits per heavy atom. The van der Waals surface area contributed by atoms with Gasteiger partial charge >= 0.3 is 5.97 Å². The number of benzene rings is 3. The number of hydrogen-bond donors (Lipinski definition) is 6. The fourth-order valence-corrected chi connectivity index (χ4v) is 4.29. The lowest BCUT2D eigenvalue weighted by Crippen LogP contribution is -2.40. The molecule has 12 heteroatoms. The Labute approximate surface area is 231 Å². The van der Waals surface area contributed by atoms with Crippen LogP contribution in [0.25, 0.3) is 28.4 Å². The molecule has 212 valence electrons. The second-order valence-electron chi connectivity index (χ2n) is 9.13. The van der Waals surface area contributed by atoms with E-state index in [0.29, 0.717) is 5.56 Å². The standard InChI is InChI=1S/C29H24O12/c30-13-21-24(36)28(40-22(35)10-3-14-1-6-16(31)7-2-14)29(39-21)41-27-25(37)23-19(34)11-18(33)12-20(23)38-26(27)15-4-8-17(32)9-5-15/h1-12,21,24,28-34,36H,13H2/b10-3+/t21-,24?,28-,29-/m0/s1. The van der Waals surface area contributed by atoms with Crippen LogP contribution in [0.2, 0.25) is 0 Å². The molecule has 1 saturated heterocycles. The van der Waals surface area contributed by atoms with Gasteiger partial charge in [0.2, 0.25) is 17.5 Å². The number of phenolic OH excluding ortho intramolecular Hbond substituents is 4. The van der Waals surface area contributed by atoms with Crippen molar-refractivity contribution in [2.24, 2.45) is 0 Å². The first kappa shape index (κ1) is 27.5. The molecule has 6 N–H and O–H groups in total. The molecule has 0 radical (unpaired) electrons. The van der Waals surface area contributed by atoms with Gasteiger partial charge in [-0.25, -0.2) is 4.79 Å². The topological polar surface area (TPSA) is 196 Å². The number of aliphatic hydroxyl groups excluding tert-OH is 2. The molecule has 1 aromatic heterocycles. The van der Waals surface area contributed by atoms with Crippen LogP contribution in [-0.4, -0.2) is 67.8 Å². The molecule has 2 heterocycles. The van der Waals surface area contributed by atoms with E-state index in [0.717, 1.165) is 18.2 Å². The predicted molar refractivity (Wildman–Crippen MR) is 142 cm³/mol. The number of fused-ring (bicyclic) bond motifs is 1. The van der Waals surface area contributed by atoms with E-state index in [1.165, 1.54) is 42.5 Å².